The van der Waals surface area contributed by atoms with Crippen LogP contribution in [0.3, 0.4) is 0 Å². The number of likely N-dealkylation sites (tertiary alicyclic amines) is 1. The number of aryl methyl sites for hydroxylation is 1. The topological polar surface area (TPSA) is 107 Å². The summed E-state index contributed by atoms with van der Waals surface area (Å²) >= 11 is 1.68. The molecule has 0 saturated carbocycles. The van der Waals surface area contributed by atoms with Crippen molar-refractivity contribution in [2.45, 2.75) is 69.6 Å². The highest BCUT2D eigenvalue weighted by Gasteiger charge is 2.49. The maximum Gasteiger partial charge on any atom is 0.256 e. The van der Waals surface area contributed by atoms with E-state index in [2.05, 4.69) is 23.4 Å². The van der Waals surface area contributed by atoms with E-state index in [0.29, 0.717) is 31.5 Å². The Kier molecular flexibility index (Phi) is 6.89. The average molecular weight is 544 g/mol. The minimum atomic E-state index is -3.55. The molecule has 2 saturated heterocycles. The molecule has 2 amide bonds. The lowest BCUT2D eigenvalue weighted by atomic mass is 9.78. The predicted molar refractivity (Wildman–Crippen MR) is 144 cm³/mol. The Morgan fingerprint density at radius 1 is 1.19 bits per heavy atom. The lowest BCUT2D eigenvalue weighted by Crippen LogP contribution is -2.54. The fourth-order valence-corrected chi connectivity index (χ4v) is 7.97. The van der Waals surface area contributed by atoms with Crippen LogP contribution in [0.25, 0.3) is 10.4 Å². The number of sulfonamides is 1. The molecule has 0 aliphatic carbocycles. The minimum Gasteiger partial charge on any atom is -0.391 e. The third-order valence-electron chi connectivity index (χ3n) is 8.01. The van der Waals surface area contributed by atoms with Crippen LogP contribution in [0.2, 0.25) is 0 Å². The summed E-state index contributed by atoms with van der Waals surface area (Å²) in [6, 6.07) is 8.79. The number of benzene rings is 1. The number of piperidine rings is 1. The fourth-order valence-electron chi connectivity index (χ4n) is 5.92. The summed E-state index contributed by atoms with van der Waals surface area (Å²) in [5.41, 5.74) is 2.90. The zero-order valence-corrected chi connectivity index (χ0v) is 23.0. The fraction of sp³-hybridized carbons (Fsp3) is 0.519. The van der Waals surface area contributed by atoms with E-state index in [-0.39, 0.29) is 24.8 Å². The first kappa shape index (κ1) is 26.2. The number of hydrogen-bond acceptors (Lipinski definition) is 6. The molecule has 198 valence electrons. The van der Waals surface area contributed by atoms with Crippen LogP contribution in [0.5, 0.6) is 0 Å². The van der Waals surface area contributed by atoms with Gasteiger partial charge in [-0.2, -0.15) is 4.31 Å². The minimum absolute atomic E-state index is 0.108. The predicted octanol–water partition coefficient (Wildman–Crippen LogP) is 3.13. The van der Waals surface area contributed by atoms with Crippen LogP contribution < -0.4 is 0 Å². The van der Waals surface area contributed by atoms with Crippen LogP contribution in [0, 0.1) is 6.92 Å². The van der Waals surface area contributed by atoms with Crippen molar-refractivity contribution >= 4 is 38.9 Å². The van der Waals surface area contributed by atoms with Crippen molar-refractivity contribution in [3.05, 3.63) is 46.8 Å². The number of carbonyl (C=O) groups excluding carboxylic acids is 2. The maximum absolute atomic E-state index is 13.6. The van der Waals surface area contributed by atoms with Crippen LogP contribution in [-0.2, 0) is 25.0 Å². The Balaban J connectivity index is 1.38. The number of β-amino-alcohol motifs (C(OH)–C–C–N with tert-alkyl or cyclic N) is 1. The number of thiophene rings is 1. The number of rotatable bonds is 5. The number of aliphatic hydroxyl groups excluding tert-OH is 1. The summed E-state index contributed by atoms with van der Waals surface area (Å²) in [5.74, 6) is -0.571. The molecule has 4 unspecified atom stereocenters. The van der Waals surface area contributed by atoms with E-state index in [0.717, 1.165) is 23.8 Å². The standard InChI is InChI=1S/C27H33N3O5S2/c1-17-11-13-36-24(17)18-7-9-19(10-8-18)27(2)15-21(28-26(27)33)23-14-20(31)16-29(23)25(32)22-6-4-5-12-30(22)37(3,34)35/h7-11,13,20,22-23,31H,4-6,12,14-16H2,1-3H3. The second kappa shape index (κ2) is 9.72. The summed E-state index contributed by atoms with van der Waals surface area (Å²) in [6.07, 6.45) is 2.95. The molecule has 1 aromatic heterocycles. The Hall–Kier alpha value is -2.40. The molecule has 3 aliphatic rings. The van der Waals surface area contributed by atoms with Crippen LogP contribution in [0.15, 0.2) is 40.7 Å². The van der Waals surface area contributed by atoms with E-state index >= 15 is 0 Å². The van der Waals surface area contributed by atoms with Gasteiger partial charge in [0.25, 0.3) is 5.91 Å². The number of nitrogens with zero attached hydrogens (tertiary/aromatic N) is 3. The van der Waals surface area contributed by atoms with Crippen molar-refractivity contribution in [3.8, 4) is 10.4 Å². The van der Waals surface area contributed by atoms with Gasteiger partial charge in [-0.1, -0.05) is 30.7 Å². The van der Waals surface area contributed by atoms with Gasteiger partial charge >= 0.3 is 0 Å². The molecule has 37 heavy (non-hydrogen) atoms. The first-order chi connectivity index (χ1) is 17.5. The van der Waals surface area contributed by atoms with Gasteiger partial charge in [-0.25, -0.2) is 13.4 Å². The summed E-state index contributed by atoms with van der Waals surface area (Å²) < 4.78 is 26.0. The molecular formula is C27H33N3O5S2. The maximum atomic E-state index is 13.6. The smallest absolute Gasteiger partial charge is 0.256 e. The van der Waals surface area contributed by atoms with Gasteiger partial charge in [0.1, 0.15) is 6.04 Å². The van der Waals surface area contributed by atoms with E-state index in [1.807, 2.05) is 31.2 Å². The van der Waals surface area contributed by atoms with Crippen LogP contribution in [0.4, 0.5) is 0 Å². The van der Waals surface area contributed by atoms with Crippen LogP contribution >= 0.6 is 11.3 Å². The number of carbonyl (C=O) groups is 2. The lowest BCUT2D eigenvalue weighted by molar-refractivity contribution is -0.136. The lowest BCUT2D eigenvalue weighted by Gasteiger charge is -2.36. The van der Waals surface area contributed by atoms with Crippen molar-refractivity contribution in [2.75, 3.05) is 19.3 Å². The SMILES string of the molecule is Cc1ccsc1-c1ccc(C2(C)CC(C3CC(O)CN3C(=O)C3CCCCN3S(C)(=O)=O)=NC2=O)cc1. The largest absolute Gasteiger partial charge is 0.391 e. The highest BCUT2D eigenvalue weighted by atomic mass is 32.2. The van der Waals surface area contributed by atoms with Gasteiger partial charge in [0.15, 0.2) is 0 Å². The van der Waals surface area contributed by atoms with E-state index in [1.165, 1.54) is 14.7 Å². The number of amides is 2. The van der Waals surface area contributed by atoms with E-state index in [1.54, 1.807) is 16.2 Å². The highest BCUT2D eigenvalue weighted by molar-refractivity contribution is 7.88. The molecule has 4 atom stereocenters. The van der Waals surface area contributed by atoms with Gasteiger partial charge in [-0.3, -0.25) is 9.59 Å². The quantitative estimate of drug-likeness (QED) is 0.624. The number of aliphatic imine (C=N–C) groups is 1. The third kappa shape index (κ3) is 4.80. The van der Waals surface area contributed by atoms with Crippen molar-refractivity contribution < 1.29 is 23.1 Å². The normalized spacial score (nSPS) is 29.1. The molecule has 1 aromatic carbocycles. The van der Waals surface area contributed by atoms with Crippen LogP contribution in [0.1, 0.15) is 50.2 Å². The van der Waals surface area contributed by atoms with E-state index in [4.69, 9.17) is 0 Å². The van der Waals surface area contributed by atoms with Gasteiger partial charge in [0.2, 0.25) is 15.9 Å². The molecule has 4 heterocycles. The van der Waals surface area contributed by atoms with Crippen molar-refractivity contribution in [1.29, 1.82) is 0 Å². The van der Waals surface area contributed by atoms with Gasteiger partial charge in [-0.05, 0) is 54.8 Å². The Morgan fingerprint density at radius 2 is 1.92 bits per heavy atom. The Bertz CT molecular complexity index is 1350. The molecule has 0 radical (unpaired) electrons. The molecule has 10 heteroatoms. The summed E-state index contributed by atoms with van der Waals surface area (Å²) in [4.78, 5) is 34.0. The van der Waals surface area contributed by atoms with Crippen LogP contribution in [-0.4, -0.2) is 77.8 Å². The first-order valence-corrected chi connectivity index (χ1v) is 15.4. The zero-order chi connectivity index (χ0) is 26.5. The summed E-state index contributed by atoms with van der Waals surface area (Å²) in [6.45, 7) is 4.37. The molecular weight excluding hydrogens is 510 g/mol. The molecule has 3 aliphatic heterocycles. The molecule has 0 bridgehead atoms. The molecule has 0 spiro atoms. The second-order valence-electron chi connectivity index (χ2n) is 10.7. The molecule has 5 rings (SSSR count). The third-order valence-corrected chi connectivity index (χ3v) is 10.4. The van der Waals surface area contributed by atoms with Crippen molar-refractivity contribution in [3.63, 3.8) is 0 Å². The number of aliphatic hydroxyl groups is 1. The molecule has 2 fully saturated rings. The van der Waals surface area contributed by atoms with Crippen molar-refractivity contribution in [1.82, 2.24) is 9.21 Å². The Morgan fingerprint density at radius 3 is 2.57 bits per heavy atom. The zero-order valence-electron chi connectivity index (χ0n) is 21.4. The van der Waals surface area contributed by atoms with Gasteiger partial charge in [0, 0.05) is 36.5 Å². The number of hydrogen-bond donors (Lipinski definition) is 1. The molecule has 2 aromatic rings. The van der Waals surface area contributed by atoms with E-state index < -0.39 is 33.6 Å². The molecule has 1 N–H and O–H groups in total. The van der Waals surface area contributed by atoms with Gasteiger partial charge in [0.05, 0.1) is 23.8 Å². The van der Waals surface area contributed by atoms with E-state index in [9.17, 15) is 23.1 Å². The Labute approximate surface area is 222 Å². The van der Waals surface area contributed by atoms with Gasteiger partial charge in [-0.15, -0.1) is 11.3 Å². The average Bonchev–Trinajstić information content (AvgIpc) is 3.55. The second-order valence-corrected chi connectivity index (χ2v) is 13.6. The molecule has 8 nitrogen and oxygen atoms in total. The first-order valence-electron chi connectivity index (χ1n) is 12.7. The van der Waals surface area contributed by atoms with Crippen molar-refractivity contribution in [2.24, 2.45) is 4.99 Å². The highest BCUT2D eigenvalue weighted by Crippen LogP contribution is 2.39. The van der Waals surface area contributed by atoms with Gasteiger partial charge < -0.3 is 10.0 Å². The summed E-state index contributed by atoms with van der Waals surface area (Å²) in [7, 11) is -3.55. The monoisotopic (exact) mass is 543 g/mol. The summed E-state index contributed by atoms with van der Waals surface area (Å²) in [5, 5.41) is 12.6.